The number of piperidine rings is 1. The Bertz CT molecular complexity index is 1070. The molecule has 3 heterocycles. The average molecular weight is 402 g/mol. The van der Waals surface area contributed by atoms with E-state index in [1.807, 2.05) is 6.07 Å². The Morgan fingerprint density at radius 3 is 2.72 bits per heavy atom. The first kappa shape index (κ1) is 19.4. The Labute approximate surface area is 166 Å². The fourth-order valence-corrected chi connectivity index (χ4v) is 3.97. The predicted molar refractivity (Wildman–Crippen MR) is 104 cm³/mol. The number of imidazole rings is 1. The molecule has 1 fully saturated rings. The second kappa shape index (κ2) is 7.17. The molecule has 0 bridgehead atoms. The summed E-state index contributed by atoms with van der Waals surface area (Å²) in [4.78, 5) is 23.4. The number of benzene rings is 1. The van der Waals surface area contributed by atoms with Gasteiger partial charge >= 0.3 is 6.18 Å². The first-order valence-corrected chi connectivity index (χ1v) is 9.49. The van der Waals surface area contributed by atoms with Gasteiger partial charge in [-0.15, -0.1) is 0 Å². The molecule has 5 nitrogen and oxygen atoms in total. The summed E-state index contributed by atoms with van der Waals surface area (Å²) in [5, 5.41) is 0.661. The number of halogens is 3. The standard InChI is InChI=1S/C21H21F3N4O/c1-13-10-18(16-6-5-15(21(22,23)24)11-17(16)26-13)28-8-3-4-14(12-28)19(29)20-25-7-9-27(20)2/h5-7,9-11,14H,3-4,8,12H2,1-2H3. The Kier molecular flexibility index (Phi) is 4.80. The second-order valence-electron chi connectivity index (χ2n) is 7.52. The zero-order chi connectivity index (χ0) is 20.8. The molecule has 0 radical (unpaired) electrons. The number of fused-ring (bicyclic) bond motifs is 1. The SMILES string of the molecule is Cc1cc(N2CCCC(C(=O)c3nccn3C)C2)c2ccc(C(F)(F)F)cc2n1. The van der Waals surface area contributed by atoms with E-state index in [4.69, 9.17) is 0 Å². The molecule has 1 aliphatic rings. The van der Waals surface area contributed by atoms with Crippen molar-refractivity contribution < 1.29 is 18.0 Å². The molecule has 152 valence electrons. The van der Waals surface area contributed by atoms with Crippen LogP contribution in [0.2, 0.25) is 0 Å². The van der Waals surface area contributed by atoms with Gasteiger partial charge in [-0.05, 0) is 38.0 Å². The van der Waals surface area contributed by atoms with E-state index in [1.54, 1.807) is 30.9 Å². The number of pyridine rings is 1. The molecule has 2 aromatic heterocycles. The van der Waals surface area contributed by atoms with Crippen LogP contribution in [0.5, 0.6) is 0 Å². The van der Waals surface area contributed by atoms with Crippen molar-refractivity contribution in [2.45, 2.75) is 25.9 Å². The van der Waals surface area contributed by atoms with Crippen molar-refractivity contribution in [2.75, 3.05) is 18.0 Å². The maximum absolute atomic E-state index is 13.1. The van der Waals surface area contributed by atoms with Crippen LogP contribution in [-0.4, -0.2) is 33.4 Å². The fraction of sp³-hybridized carbons (Fsp3) is 0.381. The van der Waals surface area contributed by atoms with Gasteiger partial charge in [-0.2, -0.15) is 13.2 Å². The molecular formula is C21H21F3N4O. The molecule has 8 heteroatoms. The monoisotopic (exact) mass is 402 g/mol. The van der Waals surface area contributed by atoms with E-state index < -0.39 is 11.7 Å². The van der Waals surface area contributed by atoms with Gasteiger partial charge in [-0.25, -0.2) is 4.98 Å². The van der Waals surface area contributed by atoms with Gasteiger partial charge in [-0.3, -0.25) is 9.78 Å². The van der Waals surface area contributed by atoms with E-state index in [1.165, 1.54) is 6.07 Å². The van der Waals surface area contributed by atoms with Crippen molar-refractivity contribution in [1.29, 1.82) is 0 Å². The van der Waals surface area contributed by atoms with Crippen LogP contribution in [0, 0.1) is 12.8 Å². The molecule has 1 atom stereocenters. The highest BCUT2D eigenvalue weighted by atomic mass is 19.4. The highest BCUT2D eigenvalue weighted by Gasteiger charge is 2.32. The smallest absolute Gasteiger partial charge is 0.370 e. The lowest BCUT2D eigenvalue weighted by atomic mass is 9.92. The van der Waals surface area contributed by atoms with Gasteiger partial charge in [0.05, 0.1) is 11.1 Å². The highest BCUT2D eigenvalue weighted by Crippen LogP contribution is 2.35. The first-order chi connectivity index (χ1) is 13.7. The molecule has 29 heavy (non-hydrogen) atoms. The highest BCUT2D eigenvalue weighted by molar-refractivity contribution is 5.96. The van der Waals surface area contributed by atoms with Crippen LogP contribution in [-0.2, 0) is 13.2 Å². The Hall–Kier alpha value is -2.90. The van der Waals surface area contributed by atoms with Crippen LogP contribution < -0.4 is 4.90 Å². The summed E-state index contributed by atoms with van der Waals surface area (Å²) in [6, 6.07) is 5.53. The number of ketones is 1. The molecule has 0 amide bonds. The number of Topliss-reactive ketones (excluding diaryl/α,β-unsaturated/α-hetero) is 1. The van der Waals surface area contributed by atoms with Crippen molar-refractivity contribution >= 4 is 22.4 Å². The minimum absolute atomic E-state index is 0.00311. The zero-order valence-corrected chi connectivity index (χ0v) is 16.2. The molecule has 0 aliphatic carbocycles. The summed E-state index contributed by atoms with van der Waals surface area (Å²) in [7, 11) is 1.79. The molecule has 1 aliphatic heterocycles. The number of hydrogen-bond donors (Lipinski definition) is 0. The molecule has 0 N–H and O–H groups in total. The van der Waals surface area contributed by atoms with Gasteiger partial charge in [0, 0.05) is 55.2 Å². The first-order valence-electron chi connectivity index (χ1n) is 9.49. The molecule has 0 saturated carbocycles. The van der Waals surface area contributed by atoms with Gasteiger partial charge in [0.1, 0.15) is 0 Å². The maximum Gasteiger partial charge on any atom is 0.416 e. The Morgan fingerprint density at radius 1 is 1.24 bits per heavy atom. The number of alkyl halides is 3. The van der Waals surface area contributed by atoms with Crippen molar-refractivity contribution in [3.8, 4) is 0 Å². The van der Waals surface area contributed by atoms with Gasteiger partial charge < -0.3 is 9.47 Å². The predicted octanol–water partition coefficient (Wildman–Crippen LogP) is 4.39. The molecule has 3 aromatic rings. The Balaban J connectivity index is 1.68. The number of aryl methyl sites for hydroxylation is 2. The van der Waals surface area contributed by atoms with Crippen LogP contribution in [0.15, 0.2) is 36.7 Å². The summed E-state index contributed by atoms with van der Waals surface area (Å²) in [5.74, 6) is 0.224. The summed E-state index contributed by atoms with van der Waals surface area (Å²) >= 11 is 0. The zero-order valence-electron chi connectivity index (χ0n) is 16.2. The van der Waals surface area contributed by atoms with Gasteiger partial charge in [0.25, 0.3) is 0 Å². The summed E-state index contributed by atoms with van der Waals surface area (Å²) < 4.78 is 41.0. The number of aromatic nitrogens is 3. The van der Waals surface area contributed by atoms with Crippen LogP contribution in [0.3, 0.4) is 0 Å². The van der Waals surface area contributed by atoms with E-state index in [9.17, 15) is 18.0 Å². The van der Waals surface area contributed by atoms with Crippen molar-refractivity contribution in [2.24, 2.45) is 13.0 Å². The molecule has 4 rings (SSSR count). The normalized spacial score (nSPS) is 17.7. The minimum atomic E-state index is -4.41. The average Bonchev–Trinajstić information content (AvgIpc) is 3.11. The maximum atomic E-state index is 13.1. The number of rotatable bonds is 3. The molecule has 1 aromatic carbocycles. The lowest BCUT2D eigenvalue weighted by Gasteiger charge is -2.34. The lowest BCUT2D eigenvalue weighted by Crippen LogP contribution is -2.39. The van der Waals surface area contributed by atoms with Crippen molar-refractivity contribution in [1.82, 2.24) is 14.5 Å². The number of carbonyl (C=O) groups excluding carboxylic acids is 1. The quantitative estimate of drug-likeness (QED) is 0.610. The van der Waals surface area contributed by atoms with Crippen molar-refractivity contribution in [3.05, 3.63) is 53.7 Å². The third kappa shape index (κ3) is 3.71. The van der Waals surface area contributed by atoms with Gasteiger partial charge in [0.2, 0.25) is 5.78 Å². The fourth-order valence-electron chi connectivity index (χ4n) is 3.97. The Morgan fingerprint density at radius 2 is 2.03 bits per heavy atom. The third-order valence-corrected chi connectivity index (χ3v) is 5.42. The summed E-state index contributed by atoms with van der Waals surface area (Å²) in [6.07, 6.45) is 0.523. The van der Waals surface area contributed by atoms with Crippen LogP contribution in [0.1, 0.15) is 34.7 Å². The van der Waals surface area contributed by atoms with Gasteiger partial charge in [0.15, 0.2) is 5.82 Å². The molecule has 1 saturated heterocycles. The number of carbonyl (C=O) groups is 1. The van der Waals surface area contributed by atoms with E-state index >= 15 is 0 Å². The van der Waals surface area contributed by atoms with Crippen LogP contribution in [0.25, 0.3) is 10.9 Å². The minimum Gasteiger partial charge on any atom is -0.370 e. The van der Waals surface area contributed by atoms with E-state index in [2.05, 4.69) is 14.9 Å². The number of anilines is 1. The van der Waals surface area contributed by atoms with Crippen molar-refractivity contribution in [3.63, 3.8) is 0 Å². The molecule has 0 spiro atoms. The number of nitrogens with zero attached hydrogens (tertiary/aromatic N) is 4. The van der Waals surface area contributed by atoms with Crippen LogP contribution in [0.4, 0.5) is 18.9 Å². The van der Waals surface area contributed by atoms with Crippen LogP contribution >= 0.6 is 0 Å². The molecule has 1 unspecified atom stereocenters. The molecular weight excluding hydrogens is 381 g/mol. The summed E-state index contributed by atoms with van der Waals surface area (Å²) in [6.45, 7) is 3.01. The van der Waals surface area contributed by atoms with E-state index in [0.29, 0.717) is 29.0 Å². The second-order valence-corrected chi connectivity index (χ2v) is 7.52. The van der Waals surface area contributed by atoms with E-state index in [0.717, 1.165) is 37.2 Å². The number of hydrogen-bond acceptors (Lipinski definition) is 4. The largest absolute Gasteiger partial charge is 0.416 e. The summed E-state index contributed by atoms with van der Waals surface area (Å²) in [5.41, 5.74) is 1.06. The third-order valence-electron chi connectivity index (χ3n) is 5.42. The lowest BCUT2D eigenvalue weighted by molar-refractivity contribution is -0.137. The van der Waals surface area contributed by atoms with Gasteiger partial charge in [-0.1, -0.05) is 6.07 Å². The topological polar surface area (TPSA) is 51.0 Å². The van der Waals surface area contributed by atoms with E-state index in [-0.39, 0.29) is 11.7 Å².